The third-order valence-electron chi connectivity index (χ3n) is 4.91. The van der Waals surface area contributed by atoms with Crippen molar-refractivity contribution in [3.63, 3.8) is 0 Å². The van der Waals surface area contributed by atoms with Gasteiger partial charge in [-0.2, -0.15) is 0 Å². The Hall–Kier alpha value is -1.65. The molecular weight excluding hydrogens is 300 g/mol. The molecule has 2 aromatic rings. The van der Waals surface area contributed by atoms with Gasteiger partial charge in [0.2, 0.25) is 5.89 Å². The highest BCUT2D eigenvalue weighted by Gasteiger charge is 2.24. The number of aromatic nitrogens is 1. The van der Waals surface area contributed by atoms with Crippen LogP contribution in [0.15, 0.2) is 28.7 Å². The van der Waals surface area contributed by atoms with Gasteiger partial charge in [0.15, 0.2) is 0 Å². The Balaban J connectivity index is 1.75. The number of hydrogen-bond acceptors (Lipinski definition) is 4. The number of ether oxygens (including phenoxy) is 1. The molecule has 0 amide bonds. The standard InChI is InChI=1S/C20H28N2O2/c1-15-7-6-8-17(13-15)20-21-19(16(2)24-20)14-22-11-5-4-9-18(22)10-12-23-3/h6-8,13,18H,4-5,9-12,14H2,1-3H3/t18-/m1/s1. The van der Waals surface area contributed by atoms with E-state index in [1.807, 2.05) is 6.92 Å². The second-order valence-electron chi connectivity index (χ2n) is 6.79. The first-order valence-corrected chi connectivity index (χ1v) is 8.93. The van der Waals surface area contributed by atoms with Gasteiger partial charge in [-0.05, 0) is 51.8 Å². The van der Waals surface area contributed by atoms with E-state index in [4.69, 9.17) is 14.1 Å². The molecule has 24 heavy (non-hydrogen) atoms. The minimum absolute atomic E-state index is 0.595. The lowest BCUT2D eigenvalue weighted by atomic mass is 9.99. The Labute approximate surface area is 144 Å². The van der Waals surface area contributed by atoms with Crippen molar-refractivity contribution in [1.29, 1.82) is 0 Å². The lowest BCUT2D eigenvalue weighted by Gasteiger charge is -2.35. The van der Waals surface area contributed by atoms with Gasteiger partial charge in [0.25, 0.3) is 0 Å². The molecule has 1 atom stereocenters. The van der Waals surface area contributed by atoms with Crippen molar-refractivity contribution in [2.24, 2.45) is 0 Å². The molecule has 1 aliphatic heterocycles. The van der Waals surface area contributed by atoms with Crippen LogP contribution in [0.3, 0.4) is 0 Å². The van der Waals surface area contributed by atoms with Crippen LogP contribution >= 0.6 is 0 Å². The van der Waals surface area contributed by atoms with Crippen molar-refractivity contribution >= 4 is 0 Å². The van der Waals surface area contributed by atoms with Gasteiger partial charge in [0, 0.05) is 31.9 Å². The maximum atomic E-state index is 5.95. The van der Waals surface area contributed by atoms with E-state index < -0.39 is 0 Å². The second kappa shape index (κ2) is 7.95. The molecule has 0 N–H and O–H groups in total. The van der Waals surface area contributed by atoms with E-state index in [-0.39, 0.29) is 0 Å². The average molecular weight is 328 g/mol. The average Bonchev–Trinajstić information content (AvgIpc) is 2.95. The molecule has 1 aromatic carbocycles. The molecule has 3 rings (SSSR count). The molecule has 1 aromatic heterocycles. The normalized spacial score (nSPS) is 18.9. The molecule has 0 radical (unpaired) electrons. The van der Waals surface area contributed by atoms with E-state index in [0.717, 1.165) is 49.0 Å². The first-order valence-electron chi connectivity index (χ1n) is 8.93. The quantitative estimate of drug-likeness (QED) is 0.790. The number of benzene rings is 1. The first-order chi connectivity index (χ1) is 11.7. The topological polar surface area (TPSA) is 38.5 Å². The zero-order chi connectivity index (χ0) is 16.9. The smallest absolute Gasteiger partial charge is 0.226 e. The van der Waals surface area contributed by atoms with E-state index in [1.165, 1.54) is 24.8 Å². The van der Waals surface area contributed by atoms with E-state index in [1.54, 1.807) is 7.11 Å². The van der Waals surface area contributed by atoms with Crippen molar-refractivity contribution in [3.8, 4) is 11.5 Å². The van der Waals surface area contributed by atoms with Crippen molar-refractivity contribution in [1.82, 2.24) is 9.88 Å². The summed E-state index contributed by atoms with van der Waals surface area (Å²) in [5, 5.41) is 0. The summed E-state index contributed by atoms with van der Waals surface area (Å²) in [6.45, 7) is 6.95. The second-order valence-corrected chi connectivity index (χ2v) is 6.79. The van der Waals surface area contributed by atoms with Crippen molar-refractivity contribution in [2.45, 2.75) is 52.1 Å². The fourth-order valence-corrected chi connectivity index (χ4v) is 3.52. The van der Waals surface area contributed by atoms with Gasteiger partial charge >= 0.3 is 0 Å². The van der Waals surface area contributed by atoms with Crippen molar-refractivity contribution in [3.05, 3.63) is 41.3 Å². The summed E-state index contributed by atoms with van der Waals surface area (Å²) >= 11 is 0. The fraction of sp³-hybridized carbons (Fsp3) is 0.550. The Morgan fingerprint density at radius 3 is 2.96 bits per heavy atom. The molecule has 1 saturated heterocycles. The number of methoxy groups -OCH3 is 1. The SMILES string of the molecule is COCC[C@H]1CCCCN1Cc1nc(-c2cccc(C)c2)oc1C. The highest BCUT2D eigenvalue weighted by molar-refractivity contribution is 5.54. The summed E-state index contributed by atoms with van der Waals surface area (Å²) in [5.41, 5.74) is 3.34. The molecule has 0 bridgehead atoms. The van der Waals surface area contributed by atoms with Crippen molar-refractivity contribution in [2.75, 3.05) is 20.3 Å². The summed E-state index contributed by atoms with van der Waals surface area (Å²) in [4.78, 5) is 7.34. The van der Waals surface area contributed by atoms with Crippen LogP contribution in [-0.2, 0) is 11.3 Å². The van der Waals surface area contributed by atoms with Gasteiger partial charge in [-0.1, -0.05) is 24.1 Å². The minimum Gasteiger partial charge on any atom is -0.441 e. The van der Waals surface area contributed by atoms with Crippen LogP contribution in [0.1, 0.15) is 42.7 Å². The highest BCUT2D eigenvalue weighted by atomic mass is 16.5. The number of likely N-dealkylation sites (tertiary alicyclic amines) is 1. The Bertz CT molecular complexity index is 665. The molecule has 0 saturated carbocycles. The van der Waals surface area contributed by atoms with Crippen LogP contribution in [0, 0.1) is 13.8 Å². The molecule has 0 spiro atoms. The zero-order valence-electron chi connectivity index (χ0n) is 15.0. The molecule has 4 heteroatoms. The summed E-state index contributed by atoms with van der Waals surface area (Å²) < 4.78 is 11.2. The lowest BCUT2D eigenvalue weighted by molar-refractivity contribution is 0.0961. The number of rotatable bonds is 6. The molecule has 2 heterocycles. The Morgan fingerprint density at radius 2 is 2.17 bits per heavy atom. The van der Waals surface area contributed by atoms with Gasteiger partial charge in [-0.25, -0.2) is 4.98 Å². The van der Waals surface area contributed by atoms with Gasteiger partial charge in [0.05, 0.1) is 5.69 Å². The minimum atomic E-state index is 0.595. The Kier molecular flexibility index (Phi) is 5.69. The summed E-state index contributed by atoms with van der Waals surface area (Å²) in [6, 6.07) is 8.92. The summed E-state index contributed by atoms with van der Waals surface area (Å²) in [7, 11) is 1.78. The number of oxazole rings is 1. The molecule has 4 nitrogen and oxygen atoms in total. The van der Waals surface area contributed by atoms with Gasteiger partial charge in [-0.3, -0.25) is 4.90 Å². The summed E-state index contributed by atoms with van der Waals surface area (Å²) in [5.74, 6) is 1.67. The highest BCUT2D eigenvalue weighted by Crippen LogP contribution is 2.26. The van der Waals surface area contributed by atoms with Gasteiger partial charge in [0.1, 0.15) is 5.76 Å². The van der Waals surface area contributed by atoms with Crippen LogP contribution in [0.5, 0.6) is 0 Å². The Morgan fingerprint density at radius 1 is 1.29 bits per heavy atom. The van der Waals surface area contributed by atoms with E-state index in [0.29, 0.717) is 6.04 Å². The van der Waals surface area contributed by atoms with Crippen LogP contribution in [0.2, 0.25) is 0 Å². The van der Waals surface area contributed by atoms with Crippen LogP contribution in [0.25, 0.3) is 11.5 Å². The van der Waals surface area contributed by atoms with E-state index >= 15 is 0 Å². The molecule has 0 unspecified atom stereocenters. The van der Waals surface area contributed by atoms with Gasteiger partial charge < -0.3 is 9.15 Å². The third-order valence-corrected chi connectivity index (χ3v) is 4.91. The number of nitrogens with zero attached hydrogens (tertiary/aromatic N) is 2. The predicted molar refractivity (Wildman–Crippen MR) is 96.0 cm³/mol. The molecule has 1 fully saturated rings. The lowest BCUT2D eigenvalue weighted by Crippen LogP contribution is -2.39. The monoisotopic (exact) mass is 328 g/mol. The first kappa shape index (κ1) is 17.2. The van der Waals surface area contributed by atoms with Crippen LogP contribution < -0.4 is 0 Å². The third kappa shape index (κ3) is 4.05. The molecule has 0 aliphatic carbocycles. The van der Waals surface area contributed by atoms with Crippen LogP contribution in [-0.4, -0.2) is 36.2 Å². The van der Waals surface area contributed by atoms with E-state index in [2.05, 4.69) is 36.1 Å². The molecule has 1 aliphatic rings. The van der Waals surface area contributed by atoms with Crippen molar-refractivity contribution < 1.29 is 9.15 Å². The van der Waals surface area contributed by atoms with Gasteiger partial charge in [-0.15, -0.1) is 0 Å². The van der Waals surface area contributed by atoms with E-state index in [9.17, 15) is 0 Å². The number of aryl methyl sites for hydroxylation is 2. The predicted octanol–water partition coefficient (Wildman–Crippen LogP) is 4.35. The maximum absolute atomic E-state index is 5.95. The fourth-order valence-electron chi connectivity index (χ4n) is 3.52. The number of hydrogen-bond donors (Lipinski definition) is 0. The summed E-state index contributed by atoms with van der Waals surface area (Å²) in [6.07, 6.45) is 4.94. The molecule has 130 valence electrons. The number of piperidine rings is 1. The van der Waals surface area contributed by atoms with Crippen LogP contribution in [0.4, 0.5) is 0 Å². The maximum Gasteiger partial charge on any atom is 0.226 e. The zero-order valence-corrected chi connectivity index (χ0v) is 15.0. The molecular formula is C20H28N2O2. The largest absolute Gasteiger partial charge is 0.441 e.